The minimum Gasteiger partial charge on any atom is -0.490 e. The lowest BCUT2D eigenvalue weighted by Gasteiger charge is -2.36. The summed E-state index contributed by atoms with van der Waals surface area (Å²) in [5.74, 6) is 1.47. The van der Waals surface area contributed by atoms with E-state index in [1.54, 1.807) is 13.1 Å². The van der Waals surface area contributed by atoms with E-state index in [4.69, 9.17) is 4.74 Å². The Balaban J connectivity index is 1.37. The van der Waals surface area contributed by atoms with Crippen molar-refractivity contribution in [1.29, 1.82) is 0 Å². The molecule has 2 aliphatic heterocycles. The number of amides is 1. The molecule has 0 bridgehead atoms. The maximum absolute atomic E-state index is 11.7. The van der Waals surface area contributed by atoms with Crippen molar-refractivity contribution in [2.24, 2.45) is 5.92 Å². The Morgan fingerprint density at radius 3 is 2.82 bits per heavy atom. The first-order valence-electron chi connectivity index (χ1n) is 10.3. The van der Waals surface area contributed by atoms with Crippen LogP contribution >= 0.6 is 0 Å². The molecular formula is C23H29N3O2. The number of fused-ring (bicyclic) bond motifs is 1. The van der Waals surface area contributed by atoms with Crippen LogP contribution in [0, 0.1) is 5.92 Å². The molecule has 2 atom stereocenters. The van der Waals surface area contributed by atoms with Crippen LogP contribution in [0.2, 0.25) is 0 Å². The molecule has 3 heterocycles. The number of ether oxygens (including phenoxy) is 1. The number of hydrogen-bond donors (Lipinski definition) is 1. The summed E-state index contributed by atoms with van der Waals surface area (Å²) in [6, 6.07) is 12.5. The molecule has 0 saturated carbocycles. The third kappa shape index (κ3) is 4.36. The highest BCUT2D eigenvalue weighted by atomic mass is 16.5. The van der Waals surface area contributed by atoms with Gasteiger partial charge in [-0.3, -0.25) is 14.7 Å². The van der Waals surface area contributed by atoms with Crippen LogP contribution in [0.5, 0.6) is 5.75 Å². The van der Waals surface area contributed by atoms with Crippen molar-refractivity contribution >= 4 is 5.91 Å². The van der Waals surface area contributed by atoms with Gasteiger partial charge in [0.25, 0.3) is 0 Å². The van der Waals surface area contributed by atoms with E-state index in [1.807, 2.05) is 18.2 Å². The van der Waals surface area contributed by atoms with Crippen molar-refractivity contribution < 1.29 is 9.53 Å². The molecule has 0 spiro atoms. The number of likely N-dealkylation sites (tertiary alicyclic amines) is 1. The van der Waals surface area contributed by atoms with Gasteiger partial charge in [-0.25, -0.2) is 0 Å². The molecule has 2 aromatic rings. The Hall–Kier alpha value is -2.40. The van der Waals surface area contributed by atoms with Gasteiger partial charge in [-0.2, -0.15) is 0 Å². The summed E-state index contributed by atoms with van der Waals surface area (Å²) in [5.41, 5.74) is 3.66. The second-order valence-corrected chi connectivity index (χ2v) is 8.12. The zero-order chi connectivity index (χ0) is 19.5. The van der Waals surface area contributed by atoms with Crippen molar-refractivity contribution in [3.8, 4) is 5.75 Å². The van der Waals surface area contributed by atoms with Crippen LogP contribution in [0.1, 0.15) is 49.6 Å². The van der Waals surface area contributed by atoms with Gasteiger partial charge in [-0.15, -0.1) is 0 Å². The number of hydrogen-bond acceptors (Lipinski definition) is 4. The molecule has 5 nitrogen and oxygen atoms in total. The van der Waals surface area contributed by atoms with Crippen LogP contribution in [-0.2, 0) is 17.8 Å². The summed E-state index contributed by atoms with van der Waals surface area (Å²) in [5, 5.41) is 3.13. The van der Waals surface area contributed by atoms with Crippen LogP contribution < -0.4 is 10.1 Å². The summed E-state index contributed by atoms with van der Waals surface area (Å²) < 4.78 is 5.81. The molecule has 2 aliphatic rings. The zero-order valence-corrected chi connectivity index (χ0v) is 16.7. The lowest BCUT2D eigenvalue weighted by Crippen LogP contribution is -2.40. The largest absolute Gasteiger partial charge is 0.490 e. The maximum Gasteiger partial charge on any atom is 0.217 e. The summed E-state index contributed by atoms with van der Waals surface area (Å²) in [6.45, 7) is 6.76. The highest BCUT2D eigenvalue weighted by molar-refractivity contribution is 5.73. The summed E-state index contributed by atoms with van der Waals surface area (Å²) >= 11 is 0. The normalized spacial score (nSPS) is 21.0. The lowest BCUT2D eigenvalue weighted by atomic mass is 9.87. The number of nitrogens with zero attached hydrogens (tertiary/aromatic N) is 2. The Morgan fingerprint density at radius 1 is 1.29 bits per heavy atom. The van der Waals surface area contributed by atoms with Crippen molar-refractivity contribution in [2.75, 3.05) is 13.1 Å². The van der Waals surface area contributed by atoms with Crippen LogP contribution in [0.4, 0.5) is 0 Å². The molecule has 1 aromatic carbocycles. The van der Waals surface area contributed by atoms with E-state index in [0.717, 1.165) is 50.3 Å². The fourth-order valence-corrected chi connectivity index (χ4v) is 4.49. The summed E-state index contributed by atoms with van der Waals surface area (Å²) in [6.07, 6.45) is 5.23. The number of carbonyl (C=O) groups is 1. The first-order valence-corrected chi connectivity index (χ1v) is 10.3. The second kappa shape index (κ2) is 8.31. The van der Waals surface area contributed by atoms with E-state index < -0.39 is 0 Å². The SMILES string of the molecule is CC(=O)N[C@@H](c1ccccn1)C1CCN(Cc2ccc3c(c2)C[C@H](C)O3)CC1. The van der Waals surface area contributed by atoms with Gasteiger partial charge in [0.1, 0.15) is 11.9 Å². The van der Waals surface area contributed by atoms with Crippen molar-refractivity contribution in [2.45, 2.75) is 51.8 Å². The van der Waals surface area contributed by atoms with E-state index in [1.165, 1.54) is 11.1 Å². The predicted octanol–water partition coefficient (Wildman–Crippen LogP) is 3.49. The predicted molar refractivity (Wildman–Crippen MR) is 109 cm³/mol. The molecule has 28 heavy (non-hydrogen) atoms. The van der Waals surface area contributed by atoms with E-state index in [-0.39, 0.29) is 11.9 Å². The molecular weight excluding hydrogens is 350 g/mol. The van der Waals surface area contributed by atoms with Crippen molar-refractivity contribution in [1.82, 2.24) is 15.2 Å². The van der Waals surface area contributed by atoms with E-state index >= 15 is 0 Å². The number of pyridine rings is 1. The van der Waals surface area contributed by atoms with Crippen LogP contribution in [-0.4, -0.2) is 35.0 Å². The molecule has 4 rings (SSSR count). The summed E-state index contributed by atoms with van der Waals surface area (Å²) in [4.78, 5) is 18.7. The average Bonchev–Trinajstić information content (AvgIpc) is 3.07. The molecule has 0 aliphatic carbocycles. The van der Waals surface area contributed by atoms with Gasteiger partial charge in [0.05, 0.1) is 11.7 Å². The Kier molecular flexibility index (Phi) is 5.62. The number of carbonyl (C=O) groups excluding carboxylic acids is 1. The third-order valence-corrected chi connectivity index (χ3v) is 5.84. The number of benzene rings is 1. The van der Waals surface area contributed by atoms with Gasteiger partial charge >= 0.3 is 0 Å². The fourth-order valence-electron chi connectivity index (χ4n) is 4.49. The molecule has 1 saturated heterocycles. The topological polar surface area (TPSA) is 54.5 Å². The van der Waals surface area contributed by atoms with Gasteiger partial charge < -0.3 is 10.1 Å². The lowest BCUT2D eigenvalue weighted by molar-refractivity contribution is -0.120. The highest BCUT2D eigenvalue weighted by Gasteiger charge is 2.29. The third-order valence-electron chi connectivity index (χ3n) is 5.84. The van der Waals surface area contributed by atoms with Crippen molar-refractivity contribution in [3.05, 3.63) is 59.4 Å². The monoisotopic (exact) mass is 379 g/mol. The fraction of sp³-hybridized carbons (Fsp3) is 0.478. The van der Waals surface area contributed by atoms with E-state index in [2.05, 4.69) is 40.3 Å². The number of aromatic nitrogens is 1. The van der Waals surface area contributed by atoms with E-state index in [9.17, 15) is 4.79 Å². The molecule has 1 amide bonds. The Labute approximate surface area is 167 Å². The standard InChI is InChI=1S/C23H29N3O2/c1-16-13-20-14-18(6-7-22(20)28-16)15-26-11-8-19(9-12-26)23(25-17(2)27)21-5-3-4-10-24-21/h3-7,10,14,16,19,23H,8-9,11-13,15H2,1-2H3,(H,25,27)/t16-,23+/m0/s1. The molecule has 148 valence electrons. The molecule has 5 heteroatoms. The Bertz CT molecular complexity index is 816. The summed E-state index contributed by atoms with van der Waals surface area (Å²) in [7, 11) is 0. The van der Waals surface area contributed by atoms with Crippen LogP contribution in [0.3, 0.4) is 0 Å². The van der Waals surface area contributed by atoms with Gasteiger partial charge in [-0.1, -0.05) is 18.2 Å². The molecule has 1 N–H and O–H groups in total. The number of nitrogens with one attached hydrogen (secondary N) is 1. The van der Waals surface area contributed by atoms with Crippen LogP contribution in [0.25, 0.3) is 0 Å². The number of piperidine rings is 1. The van der Waals surface area contributed by atoms with Gasteiger partial charge in [0.15, 0.2) is 0 Å². The second-order valence-electron chi connectivity index (χ2n) is 8.12. The zero-order valence-electron chi connectivity index (χ0n) is 16.7. The van der Waals surface area contributed by atoms with Gasteiger partial charge in [-0.05, 0) is 68.1 Å². The highest BCUT2D eigenvalue weighted by Crippen LogP contribution is 2.32. The molecule has 0 unspecified atom stereocenters. The molecule has 0 radical (unpaired) electrons. The molecule has 1 aromatic heterocycles. The van der Waals surface area contributed by atoms with Gasteiger partial charge in [0.2, 0.25) is 5.91 Å². The first-order chi connectivity index (χ1) is 13.6. The van der Waals surface area contributed by atoms with Gasteiger partial charge in [0, 0.05) is 26.1 Å². The maximum atomic E-state index is 11.7. The first kappa shape index (κ1) is 18.9. The number of rotatable bonds is 5. The smallest absolute Gasteiger partial charge is 0.217 e. The Morgan fingerprint density at radius 2 is 2.11 bits per heavy atom. The minimum absolute atomic E-state index is 0.000481. The van der Waals surface area contributed by atoms with Crippen molar-refractivity contribution in [3.63, 3.8) is 0 Å². The van der Waals surface area contributed by atoms with E-state index in [0.29, 0.717) is 12.0 Å². The quantitative estimate of drug-likeness (QED) is 0.864. The van der Waals surface area contributed by atoms with Crippen LogP contribution in [0.15, 0.2) is 42.6 Å². The minimum atomic E-state index is -0.000481. The molecule has 1 fully saturated rings. The average molecular weight is 380 g/mol.